The van der Waals surface area contributed by atoms with Gasteiger partial charge in [0.25, 0.3) is 5.91 Å². The van der Waals surface area contributed by atoms with Crippen molar-refractivity contribution in [2.45, 2.75) is 26.3 Å². The monoisotopic (exact) mass is 331 g/mol. The van der Waals surface area contributed by atoms with E-state index in [0.29, 0.717) is 17.7 Å². The van der Waals surface area contributed by atoms with Gasteiger partial charge >= 0.3 is 5.97 Å². The molecule has 5 nitrogen and oxygen atoms in total. The molecule has 0 saturated heterocycles. The summed E-state index contributed by atoms with van der Waals surface area (Å²) in [7, 11) is 0. The van der Waals surface area contributed by atoms with Crippen LogP contribution >= 0.6 is 11.3 Å². The number of amides is 1. The van der Waals surface area contributed by atoms with Crippen molar-refractivity contribution in [1.82, 2.24) is 5.32 Å². The van der Waals surface area contributed by atoms with Gasteiger partial charge in [0.15, 0.2) is 6.04 Å². The third kappa shape index (κ3) is 3.07. The summed E-state index contributed by atoms with van der Waals surface area (Å²) in [6, 6.07) is 5.96. The highest BCUT2D eigenvalue weighted by Gasteiger charge is 2.25. The van der Waals surface area contributed by atoms with Crippen LogP contribution in [0.15, 0.2) is 24.3 Å². The van der Waals surface area contributed by atoms with E-state index < -0.39 is 12.0 Å². The predicted octanol–water partition coefficient (Wildman–Crippen LogP) is 2.86. The lowest BCUT2D eigenvalue weighted by Gasteiger charge is -2.15. The van der Waals surface area contributed by atoms with Gasteiger partial charge in [0, 0.05) is 16.2 Å². The second-order valence-electron chi connectivity index (χ2n) is 5.54. The van der Waals surface area contributed by atoms with Gasteiger partial charge in [-0.15, -0.1) is 11.3 Å². The van der Waals surface area contributed by atoms with Gasteiger partial charge in [-0.1, -0.05) is 6.07 Å². The van der Waals surface area contributed by atoms with E-state index in [9.17, 15) is 14.7 Å². The minimum atomic E-state index is -1.08. The molecule has 1 aliphatic rings. The van der Waals surface area contributed by atoms with Gasteiger partial charge in [-0.05, 0) is 43.2 Å². The Balaban J connectivity index is 1.86. The van der Waals surface area contributed by atoms with Crippen LogP contribution in [0.2, 0.25) is 0 Å². The number of aryl methyl sites for hydroxylation is 2. The van der Waals surface area contributed by atoms with Crippen molar-refractivity contribution in [3.63, 3.8) is 0 Å². The molecule has 1 atom stereocenters. The number of carbonyl (C=O) groups is 2. The number of carboxylic acids is 1. The first kappa shape index (κ1) is 15.6. The number of carboxylic acid groups (broad SMARTS) is 1. The highest BCUT2D eigenvalue weighted by molar-refractivity contribution is 7.12. The van der Waals surface area contributed by atoms with E-state index in [1.54, 1.807) is 24.3 Å². The fourth-order valence-electron chi connectivity index (χ4n) is 2.74. The average Bonchev–Trinajstić information content (AvgIpc) is 3.09. The standard InChI is InChI=1S/C17H17NO4S/c1-9-7-13(10(2)23-9)16(19)18-15(17(20)21)12-3-4-14-11(8-12)5-6-22-14/h3-4,7-8,15H,5-6H2,1-2H3,(H,18,19)(H,20,21). The van der Waals surface area contributed by atoms with E-state index in [4.69, 9.17) is 4.74 Å². The maximum absolute atomic E-state index is 12.4. The Hall–Kier alpha value is -2.34. The number of fused-ring (bicyclic) bond motifs is 1. The Labute approximate surface area is 137 Å². The van der Waals surface area contributed by atoms with Gasteiger partial charge in [0.05, 0.1) is 12.2 Å². The van der Waals surface area contributed by atoms with Crippen molar-refractivity contribution in [2.24, 2.45) is 0 Å². The van der Waals surface area contributed by atoms with Crippen LogP contribution in [0.4, 0.5) is 0 Å². The zero-order valence-electron chi connectivity index (χ0n) is 12.9. The zero-order chi connectivity index (χ0) is 16.6. The largest absolute Gasteiger partial charge is 0.493 e. The smallest absolute Gasteiger partial charge is 0.330 e. The van der Waals surface area contributed by atoms with E-state index in [0.717, 1.165) is 27.5 Å². The zero-order valence-corrected chi connectivity index (χ0v) is 13.7. The molecule has 120 valence electrons. The van der Waals surface area contributed by atoms with Gasteiger partial charge in [-0.2, -0.15) is 0 Å². The molecule has 1 aromatic carbocycles. The Morgan fingerprint density at radius 1 is 1.30 bits per heavy atom. The minimum absolute atomic E-state index is 0.365. The summed E-state index contributed by atoms with van der Waals surface area (Å²) >= 11 is 1.52. The van der Waals surface area contributed by atoms with Crippen molar-refractivity contribution >= 4 is 23.2 Å². The second kappa shape index (κ2) is 6.04. The summed E-state index contributed by atoms with van der Waals surface area (Å²) in [5.74, 6) is -0.661. The molecule has 0 bridgehead atoms. The summed E-state index contributed by atoms with van der Waals surface area (Å²) in [6.45, 7) is 4.38. The predicted molar refractivity (Wildman–Crippen MR) is 87.3 cm³/mol. The van der Waals surface area contributed by atoms with Crippen LogP contribution < -0.4 is 10.1 Å². The summed E-state index contributed by atoms with van der Waals surface area (Å²) < 4.78 is 5.43. The molecule has 1 aliphatic heterocycles. The number of ether oxygens (including phenoxy) is 1. The Morgan fingerprint density at radius 3 is 2.74 bits per heavy atom. The molecular formula is C17H17NO4S. The summed E-state index contributed by atoms with van der Waals surface area (Å²) in [5, 5.41) is 12.1. The van der Waals surface area contributed by atoms with E-state index in [1.807, 2.05) is 13.8 Å². The number of benzene rings is 1. The highest BCUT2D eigenvalue weighted by atomic mass is 32.1. The fraction of sp³-hybridized carbons (Fsp3) is 0.294. The molecule has 23 heavy (non-hydrogen) atoms. The van der Waals surface area contributed by atoms with E-state index in [-0.39, 0.29) is 5.91 Å². The molecule has 0 radical (unpaired) electrons. The first-order valence-corrected chi connectivity index (χ1v) is 8.13. The SMILES string of the molecule is Cc1cc(C(=O)NC(C(=O)O)c2ccc3c(c2)CCO3)c(C)s1. The second-order valence-corrected chi connectivity index (χ2v) is 7.00. The maximum atomic E-state index is 12.4. The van der Waals surface area contributed by atoms with Crippen molar-refractivity contribution in [1.29, 1.82) is 0 Å². The van der Waals surface area contributed by atoms with Crippen LogP contribution in [-0.4, -0.2) is 23.6 Å². The third-order valence-corrected chi connectivity index (χ3v) is 4.82. The first-order chi connectivity index (χ1) is 11.0. The van der Waals surface area contributed by atoms with Gasteiger partial charge < -0.3 is 15.2 Å². The van der Waals surface area contributed by atoms with Gasteiger partial charge in [0.2, 0.25) is 0 Å². The van der Waals surface area contributed by atoms with E-state index in [1.165, 1.54) is 11.3 Å². The first-order valence-electron chi connectivity index (χ1n) is 7.32. The Morgan fingerprint density at radius 2 is 2.09 bits per heavy atom. The van der Waals surface area contributed by atoms with Crippen molar-refractivity contribution in [3.05, 3.63) is 50.7 Å². The van der Waals surface area contributed by atoms with E-state index >= 15 is 0 Å². The van der Waals surface area contributed by atoms with Crippen LogP contribution in [-0.2, 0) is 11.2 Å². The summed E-state index contributed by atoms with van der Waals surface area (Å²) in [6.07, 6.45) is 0.756. The molecule has 1 unspecified atom stereocenters. The normalized spacial score (nSPS) is 14.0. The highest BCUT2D eigenvalue weighted by Crippen LogP contribution is 2.29. The van der Waals surface area contributed by atoms with Crippen molar-refractivity contribution in [2.75, 3.05) is 6.61 Å². The lowest BCUT2D eigenvalue weighted by atomic mass is 10.0. The van der Waals surface area contributed by atoms with Crippen LogP contribution in [0, 0.1) is 13.8 Å². The summed E-state index contributed by atoms with van der Waals surface area (Å²) in [5.41, 5.74) is 2.06. The molecule has 0 spiro atoms. The molecule has 2 aromatic rings. The fourth-order valence-corrected chi connectivity index (χ4v) is 3.66. The Kier molecular flexibility index (Phi) is 4.09. The molecule has 2 heterocycles. The minimum Gasteiger partial charge on any atom is -0.493 e. The van der Waals surface area contributed by atoms with Crippen molar-refractivity contribution < 1.29 is 19.4 Å². The average molecular weight is 331 g/mol. The Bertz CT molecular complexity index is 781. The molecule has 0 saturated carbocycles. The summed E-state index contributed by atoms with van der Waals surface area (Å²) in [4.78, 5) is 25.9. The van der Waals surface area contributed by atoms with Crippen LogP contribution in [0.1, 0.15) is 37.3 Å². The molecule has 0 fully saturated rings. The van der Waals surface area contributed by atoms with Gasteiger partial charge in [0.1, 0.15) is 5.75 Å². The number of carbonyl (C=O) groups excluding carboxylic acids is 1. The lowest BCUT2D eigenvalue weighted by Crippen LogP contribution is -2.33. The lowest BCUT2D eigenvalue weighted by molar-refractivity contribution is -0.139. The molecule has 1 aromatic heterocycles. The van der Waals surface area contributed by atoms with Gasteiger partial charge in [-0.25, -0.2) is 4.79 Å². The number of nitrogens with one attached hydrogen (secondary N) is 1. The molecule has 0 aliphatic carbocycles. The molecule has 1 amide bonds. The van der Waals surface area contributed by atoms with Crippen molar-refractivity contribution in [3.8, 4) is 5.75 Å². The number of aliphatic carboxylic acids is 1. The molecule has 3 rings (SSSR count). The number of hydrogen-bond acceptors (Lipinski definition) is 4. The third-order valence-electron chi connectivity index (χ3n) is 3.85. The van der Waals surface area contributed by atoms with Crippen LogP contribution in [0.5, 0.6) is 5.75 Å². The van der Waals surface area contributed by atoms with E-state index in [2.05, 4.69) is 5.32 Å². The number of rotatable bonds is 4. The molecule has 6 heteroatoms. The molecule has 2 N–H and O–H groups in total. The van der Waals surface area contributed by atoms with Crippen LogP contribution in [0.3, 0.4) is 0 Å². The molecular weight excluding hydrogens is 314 g/mol. The quantitative estimate of drug-likeness (QED) is 0.903. The topological polar surface area (TPSA) is 75.6 Å². The van der Waals surface area contributed by atoms with Crippen LogP contribution in [0.25, 0.3) is 0 Å². The number of hydrogen-bond donors (Lipinski definition) is 2. The maximum Gasteiger partial charge on any atom is 0.330 e. The van der Waals surface area contributed by atoms with Gasteiger partial charge in [-0.3, -0.25) is 4.79 Å². The number of thiophene rings is 1.